The van der Waals surface area contributed by atoms with E-state index in [1.54, 1.807) is 0 Å². The van der Waals surface area contributed by atoms with Gasteiger partial charge in [-0.15, -0.1) is 17.0 Å². The lowest BCUT2D eigenvalue weighted by atomic mass is 10.3. The Hall–Kier alpha value is -0.810. The molecule has 68 valence electrons. The van der Waals surface area contributed by atoms with E-state index < -0.39 is 5.82 Å². The molecule has 0 aliphatic carbocycles. The van der Waals surface area contributed by atoms with Crippen LogP contribution in [0, 0.1) is 5.82 Å². The van der Waals surface area contributed by atoms with E-state index >= 15 is 0 Å². The third-order valence-electron chi connectivity index (χ3n) is 1.32. The summed E-state index contributed by atoms with van der Waals surface area (Å²) in [4.78, 5) is 0. The predicted molar refractivity (Wildman–Crippen MR) is 51.1 cm³/mol. The molecule has 1 aromatic rings. The maximum Gasteiger partial charge on any atom is 0.165 e. The molecule has 0 aromatic heterocycles. The first-order valence-corrected chi connectivity index (χ1v) is 3.08. The minimum Gasteiger partial charge on any atom is -0.494 e. The summed E-state index contributed by atoms with van der Waals surface area (Å²) < 4.78 is 17.4. The molecule has 12 heavy (non-hydrogen) atoms. The molecule has 0 aliphatic rings. The third kappa shape index (κ3) is 2.35. The fourth-order valence-corrected chi connectivity index (χ4v) is 0.750. The van der Waals surface area contributed by atoms with Crippen molar-refractivity contribution in [3.8, 4) is 5.75 Å². The molecule has 0 fully saturated rings. The molecule has 0 atom stereocenters. The van der Waals surface area contributed by atoms with Crippen molar-refractivity contribution < 1.29 is 9.13 Å². The Morgan fingerprint density at radius 1 is 1.50 bits per heavy atom. The van der Waals surface area contributed by atoms with E-state index in [4.69, 9.17) is 10.6 Å². The summed E-state index contributed by atoms with van der Waals surface area (Å²) in [7, 11) is 1.40. The minimum absolute atomic E-state index is 0. The van der Waals surface area contributed by atoms with Crippen molar-refractivity contribution in [2.45, 2.75) is 0 Å². The topological polar surface area (TPSA) is 47.3 Å². The zero-order chi connectivity index (χ0) is 8.27. The van der Waals surface area contributed by atoms with Gasteiger partial charge in [0.05, 0.1) is 12.8 Å². The van der Waals surface area contributed by atoms with E-state index in [2.05, 4.69) is 5.43 Å². The van der Waals surface area contributed by atoms with Crippen LogP contribution in [0.4, 0.5) is 10.1 Å². The fourth-order valence-electron chi connectivity index (χ4n) is 0.750. The van der Waals surface area contributed by atoms with E-state index in [1.165, 1.54) is 25.3 Å². The Kier molecular flexibility index (Phi) is 4.61. The lowest BCUT2D eigenvalue weighted by molar-refractivity contribution is 0.387. The number of nitrogens with two attached hydrogens (primary N) is 1. The molecule has 0 unspecified atom stereocenters. The standard InChI is InChI=1S/C7H9FN2O.BrH/c1-11-7-4-5(10-9)2-3-6(7)8;/h2-4,10H,9H2,1H3;1H. The Balaban J connectivity index is 0.00000121. The van der Waals surface area contributed by atoms with Gasteiger partial charge in [0, 0.05) is 6.07 Å². The number of rotatable bonds is 2. The van der Waals surface area contributed by atoms with Crippen LogP contribution in [0.15, 0.2) is 18.2 Å². The first kappa shape index (κ1) is 11.2. The normalized spacial score (nSPS) is 8.58. The third-order valence-corrected chi connectivity index (χ3v) is 1.32. The van der Waals surface area contributed by atoms with Gasteiger partial charge in [-0.1, -0.05) is 0 Å². The molecule has 5 heteroatoms. The van der Waals surface area contributed by atoms with Crippen LogP contribution in [0.1, 0.15) is 0 Å². The minimum atomic E-state index is -0.397. The maximum atomic E-state index is 12.7. The predicted octanol–water partition coefficient (Wildman–Crippen LogP) is 1.70. The van der Waals surface area contributed by atoms with Crippen molar-refractivity contribution in [1.82, 2.24) is 0 Å². The summed E-state index contributed by atoms with van der Waals surface area (Å²) >= 11 is 0. The Morgan fingerprint density at radius 2 is 2.17 bits per heavy atom. The van der Waals surface area contributed by atoms with Crippen LogP contribution in [0.3, 0.4) is 0 Å². The van der Waals surface area contributed by atoms with Gasteiger partial charge < -0.3 is 10.2 Å². The quantitative estimate of drug-likeness (QED) is 0.607. The van der Waals surface area contributed by atoms with Gasteiger partial charge in [0.25, 0.3) is 0 Å². The van der Waals surface area contributed by atoms with Crippen LogP contribution in [0.25, 0.3) is 0 Å². The highest BCUT2D eigenvalue weighted by Gasteiger charge is 2.01. The molecule has 0 saturated heterocycles. The molecule has 1 aromatic carbocycles. The second-order valence-electron chi connectivity index (χ2n) is 1.99. The Bertz CT molecular complexity index is 257. The highest BCUT2D eigenvalue weighted by Crippen LogP contribution is 2.20. The maximum absolute atomic E-state index is 12.7. The Morgan fingerprint density at radius 3 is 2.67 bits per heavy atom. The van der Waals surface area contributed by atoms with E-state index in [1.807, 2.05) is 0 Å². The number of benzene rings is 1. The average molecular weight is 237 g/mol. The van der Waals surface area contributed by atoms with Gasteiger partial charge in [-0.05, 0) is 12.1 Å². The summed E-state index contributed by atoms with van der Waals surface area (Å²) in [6, 6.07) is 4.29. The number of methoxy groups -OCH3 is 1. The van der Waals surface area contributed by atoms with Crippen LogP contribution in [-0.2, 0) is 0 Å². The van der Waals surface area contributed by atoms with Crippen LogP contribution >= 0.6 is 17.0 Å². The fraction of sp³-hybridized carbons (Fsp3) is 0.143. The van der Waals surface area contributed by atoms with Crippen LogP contribution in [0.5, 0.6) is 5.75 Å². The van der Waals surface area contributed by atoms with Crippen molar-refractivity contribution >= 4 is 22.7 Å². The molecular weight excluding hydrogens is 227 g/mol. The molecule has 3 N–H and O–H groups in total. The average Bonchev–Trinajstić information content (AvgIpc) is 2.05. The molecule has 1 rings (SSSR count). The molecule has 0 saturated carbocycles. The van der Waals surface area contributed by atoms with Crippen LogP contribution in [0.2, 0.25) is 0 Å². The van der Waals surface area contributed by atoms with Crippen LogP contribution < -0.4 is 16.0 Å². The SMILES string of the molecule is Br.COc1cc(NN)ccc1F. The summed E-state index contributed by atoms with van der Waals surface area (Å²) in [5.74, 6) is 4.88. The number of nitrogen functional groups attached to an aromatic ring is 1. The summed E-state index contributed by atoms with van der Waals surface area (Å²) in [5.41, 5.74) is 3.00. The number of ether oxygens (including phenoxy) is 1. The molecule has 0 radical (unpaired) electrons. The largest absolute Gasteiger partial charge is 0.494 e. The first-order chi connectivity index (χ1) is 5.27. The van der Waals surface area contributed by atoms with Gasteiger partial charge in [-0.3, -0.25) is 5.84 Å². The van der Waals surface area contributed by atoms with Crippen molar-refractivity contribution in [3.05, 3.63) is 24.0 Å². The highest BCUT2D eigenvalue weighted by atomic mass is 79.9. The smallest absolute Gasteiger partial charge is 0.165 e. The van der Waals surface area contributed by atoms with E-state index in [-0.39, 0.29) is 22.7 Å². The van der Waals surface area contributed by atoms with Gasteiger partial charge in [-0.25, -0.2) is 4.39 Å². The number of hydrogen-bond donors (Lipinski definition) is 2. The number of hydrazine groups is 1. The molecule has 3 nitrogen and oxygen atoms in total. The summed E-state index contributed by atoms with van der Waals surface area (Å²) in [6.45, 7) is 0. The molecular formula is C7H10BrFN2O. The monoisotopic (exact) mass is 236 g/mol. The van der Waals surface area contributed by atoms with Gasteiger partial charge in [0.2, 0.25) is 0 Å². The molecule has 0 aliphatic heterocycles. The molecule has 0 heterocycles. The number of nitrogens with one attached hydrogen (secondary N) is 1. The van der Waals surface area contributed by atoms with Gasteiger partial charge in [0.1, 0.15) is 0 Å². The highest BCUT2D eigenvalue weighted by molar-refractivity contribution is 8.93. The van der Waals surface area contributed by atoms with E-state index in [0.717, 1.165) is 0 Å². The lowest BCUT2D eigenvalue weighted by Gasteiger charge is -2.03. The number of halogens is 2. The zero-order valence-electron chi connectivity index (χ0n) is 6.50. The van der Waals surface area contributed by atoms with E-state index in [0.29, 0.717) is 5.69 Å². The molecule has 0 spiro atoms. The molecule has 0 amide bonds. The van der Waals surface area contributed by atoms with Gasteiger partial charge in [0.15, 0.2) is 11.6 Å². The molecule has 0 bridgehead atoms. The van der Waals surface area contributed by atoms with Crippen molar-refractivity contribution in [2.75, 3.05) is 12.5 Å². The Labute approximate surface area is 80.4 Å². The zero-order valence-corrected chi connectivity index (χ0v) is 8.22. The summed E-state index contributed by atoms with van der Waals surface area (Å²) in [5, 5.41) is 0. The lowest BCUT2D eigenvalue weighted by Crippen LogP contribution is -2.06. The summed E-state index contributed by atoms with van der Waals surface area (Å²) in [6.07, 6.45) is 0. The second kappa shape index (κ2) is 4.95. The van der Waals surface area contributed by atoms with Crippen LogP contribution in [-0.4, -0.2) is 7.11 Å². The van der Waals surface area contributed by atoms with E-state index in [9.17, 15) is 4.39 Å². The van der Waals surface area contributed by atoms with Crippen molar-refractivity contribution in [1.29, 1.82) is 0 Å². The second-order valence-corrected chi connectivity index (χ2v) is 1.99. The van der Waals surface area contributed by atoms with Crippen molar-refractivity contribution in [2.24, 2.45) is 5.84 Å². The van der Waals surface area contributed by atoms with Crippen molar-refractivity contribution in [3.63, 3.8) is 0 Å². The van der Waals surface area contributed by atoms with Gasteiger partial charge >= 0.3 is 0 Å². The first-order valence-electron chi connectivity index (χ1n) is 3.08. The van der Waals surface area contributed by atoms with Gasteiger partial charge in [-0.2, -0.15) is 0 Å². The number of anilines is 1. The number of hydrogen-bond acceptors (Lipinski definition) is 3.